The van der Waals surface area contributed by atoms with Gasteiger partial charge in [0.2, 0.25) is 11.8 Å². The number of nitrogens with one attached hydrogen (secondary N) is 1. The second-order valence-corrected chi connectivity index (χ2v) is 9.15. The third-order valence-electron chi connectivity index (χ3n) is 5.65. The third kappa shape index (κ3) is 4.73. The lowest BCUT2D eigenvalue weighted by atomic mass is 9.90. The van der Waals surface area contributed by atoms with E-state index in [0.717, 1.165) is 61.8 Å². The zero-order valence-corrected chi connectivity index (χ0v) is 18.1. The fraction of sp³-hybridized carbons (Fsp3) is 0.476. The van der Waals surface area contributed by atoms with Crippen molar-refractivity contribution in [2.75, 3.05) is 31.1 Å². The Hall–Kier alpha value is -2.12. The molecule has 2 heterocycles. The van der Waals surface area contributed by atoms with E-state index in [0.29, 0.717) is 11.6 Å². The minimum absolute atomic E-state index is 0.00968. The minimum Gasteiger partial charge on any atom is -0.352 e. The van der Waals surface area contributed by atoms with Crippen molar-refractivity contribution < 1.29 is 9.59 Å². The van der Waals surface area contributed by atoms with E-state index in [-0.39, 0.29) is 17.7 Å². The predicted molar refractivity (Wildman–Crippen MR) is 115 cm³/mol. The Balaban J connectivity index is 1.34. The van der Waals surface area contributed by atoms with Crippen molar-refractivity contribution in [3.05, 3.63) is 45.4 Å². The molecule has 1 fully saturated rings. The Morgan fingerprint density at radius 2 is 2.07 bits per heavy atom. The van der Waals surface area contributed by atoms with E-state index in [1.54, 1.807) is 18.3 Å². The molecular weight excluding hydrogens is 408 g/mol. The summed E-state index contributed by atoms with van der Waals surface area (Å²) in [6.07, 6.45) is 2.42. The molecule has 6 nitrogen and oxygen atoms in total. The summed E-state index contributed by atoms with van der Waals surface area (Å²) < 4.78 is 0. The normalized spacial score (nSPS) is 19.0. The van der Waals surface area contributed by atoms with Crippen LogP contribution in [-0.2, 0) is 29.0 Å². The number of nitrogens with zero attached hydrogens (tertiary/aromatic N) is 3. The van der Waals surface area contributed by atoms with Gasteiger partial charge in [0.1, 0.15) is 0 Å². The molecule has 0 unspecified atom stereocenters. The maximum Gasteiger partial charge on any atom is 0.223 e. The summed E-state index contributed by atoms with van der Waals surface area (Å²) in [5, 5.41) is 4.76. The number of piperazine rings is 1. The van der Waals surface area contributed by atoms with Gasteiger partial charge in [-0.15, -0.1) is 11.3 Å². The number of halogens is 1. The summed E-state index contributed by atoms with van der Waals surface area (Å²) in [5.41, 5.74) is 2.14. The van der Waals surface area contributed by atoms with Crippen molar-refractivity contribution >= 4 is 39.9 Å². The molecule has 0 spiro atoms. The average Bonchev–Trinajstić information content (AvgIpc) is 3.15. The third-order valence-corrected chi connectivity index (χ3v) is 7.07. The van der Waals surface area contributed by atoms with Gasteiger partial charge in [-0.25, -0.2) is 4.98 Å². The zero-order chi connectivity index (χ0) is 20.4. The van der Waals surface area contributed by atoms with E-state index < -0.39 is 0 Å². The molecule has 1 atom stereocenters. The molecular formula is C21H25ClN4O2S. The number of amides is 2. The lowest BCUT2D eigenvalue weighted by Gasteiger charge is -2.33. The first-order valence-electron chi connectivity index (χ1n) is 10.0. The summed E-state index contributed by atoms with van der Waals surface area (Å²) in [7, 11) is 0. The number of benzene rings is 1. The topological polar surface area (TPSA) is 65.5 Å². The van der Waals surface area contributed by atoms with E-state index in [2.05, 4.69) is 10.2 Å². The number of rotatable bonds is 4. The number of carbonyl (C=O) groups excluding carboxylic acids is 2. The Morgan fingerprint density at radius 3 is 2.79 bits per heavy atom. The van der Waals surface area contributed by atoms with Crippen LogP contribution >= 0.6 is 22.9 Å². The number of hydrogen-bond donors (Lipinski definition) is 1. The number of fused-ring (bicyclic) bond motifs is 1. The van der Waals surface area contributed by atoms with Crippen LogP contribution in [-0.4, -0.2) is 47.9 Å². The number of aryl methyl sites for hydroxylation is 1. The highest BCUT2D eigenvalue weighted by Gasteiger charge is 2.29. The molecule has 1 saturated heterocycles. The van der Waals surface area contributed by atoms with Crippen LogP contribution in [0.25, 0.3) is 0 Å². The van der Waals surface area contributed by atoms with Crippen molar-refractivity contribution in [3.8, 4) is 0 Å². The Morgan fingerprint density at radius 1 is 1.28 bits per heavy atom. The highest BCUT2D eigenvalue weighted by Crippen LogP contribution is 2.34. The van der Waals surface area contributed by atoms with E-state index in [9.17, 15) is 9.59 Å². The van der Waals surface area contributed by atoms with Crippen LogP contribution in [0.2, 0.25) is 5.02 Å². The molecule has 4 rings (SSSR count). The van der Waals surface area contributed by atoms with Gasteiger partial charge in [-0.1, -0.05) is 23.7 Å². The van der Waals surface area contributed by atoms with Gasteiger partial charge < -0.3 is 15.1 Å². The van der Waals surface area contributed by atoms with Crippen LogP contribution in [0.4, 0.5) is 5.13 Å². The molecule has 1 aromatic carbocycles. The van der Waals surface area contributed by atoms with Crippen molar-refractivity contribution in [1.29, 1.82) is 0 Å². The largest absolute Gasteiger partial charge is 0.352 e. The molecule has 1 N–H and O–H groups in total. The first-order chi connectivity index (χ1) is 14.0. The molecule has 0 saturated carbocycles. The summed E-state index contributed by atoms with van der Waals surface area (Å²) >= 11 is 7.72. The van der Waals surface area contributed by atoms with Crippen LogP contribution in [0.15, 0.2) is 24.3 Å². The lowest BCUT2D eigenvalue weighted by Crippen LogP contribution is -2.48. The number of anilines is 1. The fourth-order valence-electron chi connectivity index (χ4n) is 3.91. The second kappa shape index (κ2) is 8.71. The molecule has 0 bridgehead atoms. The van der Waals surface area contributed by atoms with Crippen molar-refractivity contribution in [1.82, 2.24) is 15.2 Å². The standard InChI is InChI=1S/C21H25ClN4O2S/c1-14(27)25-7-9-26(10-8-25)21-24-18-6-5-16(12-19(18)29-21)20(28)23-13-15-3-2-4-17(22)11-15/h2-4,11,16H,5-10,12-13H2,1H3,(H,23,28)/t16-/m1/s1. The van der Waals surface area contributed by atoms with Gasteiger partial charge >= 0.3 is 0 Å². The molecule has 1 aromatic heterocycles. The minimum atomic E-state index is -0.00968. The van der Waals surface area contributed by atoms with E-state index in [1.807, 2.05) is 29.2 Å². The van der Waals surface area contributed by atoms with E-state index in [1.165, 1.54) is 4.88 Å². The smallest absolute Gasteiger partial charge is 0.223 e. The Kier molecular flexibility index (Phi) is 6.06. The summed E-state index contributed by atoms with van der Waals surface area (Å²) in [5.74, 6) is 0.222. The van der Waals surface area contributed by atoms with Gasteiger partial charge in [0.05, 0.1) is 5.69 Å². The van der Waals surface area contributed by atoms with Crippen LogP contribution in [0.3, 0.4) is 0 Å². The first kappa shape index (κ1) is 20.2. The molecule has 0 radical (unpaired) electrons. The maximum atomic E-state index is 12.7. The molecule has 154 valence electrons. The van der Waals surface area contributed by atoms with E-state index >= 15 is 0 Å². The average molecular weight is 433 g/mol. The van der Waals surface area contributed by atoms with Gasteiger partial charge in [-0.2, -0.15) is 0 Å². The highest BCUT2D eigenvalue weighted by atomic mass is 35.5. The van der Waals surface area contributed by atoms with Crippen molar-refractivity contribution in [2.24, 2.45) is 5.92 Å². The Bertz CT molecular complexity index is 908. The number of carbonyl (C=O) groups is 2. The van der Waals surface area contributed by atoms with Gasteiger partial charge in [-0.3, -0.25) is 9.59 Å². The molecule has 1 aliphatic heterocycles. The zero-order valence-electron chi connectivity index (χ0n) is 16.5. The Labute approximate surface area is 179 Å². The number of aromatic nitrogens is 1. The van der Waals surface area contributed by atoms with Crippen molar-refractivity contribution in [3.63, 3.8) is 0 Å². The predicted octanol–water partition coefficient (Wildman–Crippen LogP) is 2.89. The molecule has 2 aliphatic rings. The van der Waals surface area contributed by atoms with Gasteiger partial charge in [-0.05, 0) is 37.0 Å². The molecule has 1 aliphatic carbocycles. The van der Waals surface area contributed by atoms with Crippen molar-refractivity contribution in [2.45, 2.75) is 32.7 Å². The maximum absolute atomic E-state index is 12.7. The second-order valence-electron chi connectivity index (χ2n) is 7.65. The molecule has 2 aromatic rings. The first-order valence-corrected chi connectivity index (χ1v) is 11.2. The van der Waals surface area contributed by atoms with Crippen LogP contribution in [0.1, 0.15) is 29.5 Å². The van der Waals surface area contributed by atoms with E-state index in [4.69, 9.17) is 16.6 Å². The quantitative estimate of drug-likeness (QED) is 0.806. The SMILES string of the molecule is CC(=O)N1CCN(c2nc3c(s2)C[C@H](C(=O)NCc2cccc(Cl)c2)CC3)CC1. The van der Waals surface area contributed by atoms with Crippen LogP contribution < -0.4 is 10.2 Å². The summed E-state index contributed by atoms with van der Waals surface area (Å²) in [6, 6.07) is 7.57. The molecule has 29 heavy (non-hydrogen) atoms. The summed E-state index contributed by atoms with van der Waals surface area (Å²) in [6.45, 7) is 5.24. The van der Waals surface area contributed by atoms with Gasteiger partial charge in [0.25, 0.3) is 0 Å². The van der Waals surface area contributed by atoms with Crippen LogP contribution in [0.5, 0.6) is 0 Å². The molecule has 8 heteroatoms. The van der Waals surface area contributed by atoms with Crippen LogP contribution in [0, 0.1) is 5.92 Å². The highest BCUT2D eigenvalue weighted by molar-refractivity contribution is 7.15. The van der Waals surface area contributed by atoms with Gasteiger partial charge in [0, 0.05) is 55.5 Å². The number of thiazole rings is 1. The molecule has 2 amide bonds. The monoisotopic (exact) mass is 432 g/mol. The van der Waals surface area contributed by atoms with Gasteiger partial charge in [0.15, 0.2) is 5.13 Å². The fourth-order valence-corrected chi connectivity index (χ4v) is 5.36. The summed E-state index contributed by atoms with van der Waals surface area (Å²) in [4.78, 5) is 34.4. The number of hydrogen-bond acceptors (Lipinski definition) is 5. The lowest BCUT2D eigenvalue weighted by molar-refractivity contribution is -0.129.